The minimum absolute atomic E-state index is 0.340. The number of hydrogen-bond donors (Lipinski definition) is 0. The van der Waals surface area contributed by atoms with Crippen LogP contribution in [0.2, 0.25) is 0 Å². The second-order valence-electron chi connectivity index (χ2n) is 4.35. The maximum Gasteiger partial charge on any atom is 0.223 e. The Morgan fingerprint density at radius 3 is 2.38 bits per heavy atom. The van der Waals surface area contributed by atoms with Crippen LogP contribution in [0.4, 0.5) is 0 Å². The number of carbonyl (C=O) groups excluding carboxylic acids is 1. The normalized spacial score (nSPS) is 33.8. The first-order chi connectivity index (χ1) is 6.07. The number of nitrogens with zero attached hydrogens (tertiary/aromatic N) is 1. The highest BCUT2D eigenvalue weighted by Gasteiger charge is 2.35. The Morgan fingerprint density at radius 2 is 2.00 bits per heavy atom. The van der Waals surface area contributed by atoms with Gasteiger partial charge in [-0.15, -0.1) is 0 Å². The van der Waals surface area contributed by atoms with E-state index in [2.05, 4.69) is 32.6 Å². The Bertz CT molecular complexity index is 191. The summed E-state index contributed by atoms with van der Waals surface area (Å²) >= 11 is 0. The molecular formula is C11H21NO. The largest absolute Gasteiger partial charge is 0.337 e. The van der Waals surface area contributed by atoms with Gasteiger partial charge in [-0.2, -0.15) is 0 Å². The van der Waals surface area contributed by atoms with Crippen LogP contribution in [0.3, 0.4) is 0 Å². The number of amides is 1. The molecule has 0 aromatic heterocycles. The molecule has 2 nitrogen and oxygen atoms in total. The molecule has 0 N–H and O–H groups in total. The molecular weight excluding hydrogens is 162 g/mol. The van der Waals surface area contributed by atoms with Crippen molar-refractivity contribution in [3.05, 3.63) is 0 Å². The highest BCUT2D eigenvalue weighted by molar-refractivity contribution is 5.77. The second-order valence-corrected chi connectivity index (χ2v) is 4.35. The smallest absolute Gasteiger partial charge is 0.223 e. The molecule has 2 heteroatoms. The summed E-state index contributed by atoms with van der Waals surface area (Å²) in [5.74, 6) is 1.00. The van der Waals surface area contributed by atoms with Gasteiger partial charge in [0.1, 0.15) is 0 Å². The van der Waals surface area contributed by atoms with E-state index in [0.717, 1.165) is 12.8 Å². The van der Waals surface area contributed by atoms with Crippen molar-refractivity contribution in [2.75, 3.05) is 0 Å². The molecule has 0 aromatic carbocycles. The van der Waals surface area contributed by atoms with Crippen LogP contribution in [0.15, 0.2) is 0 Å². The standard InChI is InChI=1S/C11H21NO/c1-5-6-11(13)12-9(3)7-8(2)10(12)4/h8-10H,5-7H2,1-4H3. The molecule has 1 aliphatic heterocycles. The molecule has 1 rings (SSSR count). The summed E-state index contributed by atoms with van der Waals surface area (Å²) in [4.78, 5) is 13.8. The van der Waals surface area contributed by atoms with Crippen molar-refractivity contribution in [1.82, 2.24) is 4.90 Å². The lowest BCUT2D eigenvalue weighted by Gasteiger charge is -2.27. The molecule has 0 saturated carbocycles. The molecule has 1 heterocycles. The van der Waals surface area contributed by atoms with Gasteiger partial charge in [0, 0.05) is 18.5 Å². The molecule has 0 aromatic rings. The van der Waals surface area contributed by atoms with Crippen LogP contribution < -0.4 is 0 Å². The van der Waals surface area contributed by atoms with Crippen LogP contribution in [0.1, 0.15) is 47.0 Å². The fraction of sp³-hybridized carbons (Fsp3) is 0.909. The predicted molar refractivity (Wildman–Crippen MR) is 54.5 cm³/mol. The van der Waals surface area contributed by atoms with Crippen molar-refractivity contribution in [1.29, 1.82) is 0 Å². The fourth-order valence-electron chi connectivity index (χ4n) is 2.34. The second kappa shape index (κ2) is 4.12. The lowest BCUT2D eigenvalue weighted by molar-refractivity contribution is -0.133. The Morgan fingerprint density at radius 1 is 1.38 bits per heavy atom. The van der Waals surface area contributed by atoms with E-state index in [1.54, 1.807) is 0 Å². The molecule has 13 heavy (non-hydrogen) atoms. The number of carbonyl (C=O) groups is 1. The molecule has 3 unspecified atom stereocenters. The van der Waals surface area contributed by atoms with Gasteiger partial charge < -0.3 is 4.90 Å². The number of rotatable bonds is 2. The van der Waals surface area contributed by atoms with Crippen LogP contribution in [0.25, 0.3) is 0 Å². The van der Waals surface area contributed by atoms with Gasteiger partial charge >= 0.3 is 0 Å². The zero-order valence-corrected chi connectivity index (χ0v) is 9.21. The Hall–Kier alpha value is -0.530. The zero-order chi connectivity index (χ0) is 10.0. The number of hydrogen-bond acceptors (Lipinski definition) is 1. The lowest BCUT2D eigenvalue weighted by atomic mass is 10.0. The predicted octanol–water partition coefficient (Wildman–Crippen LogP) is 2.43. The Kier molecular flexibility index (Phi) is 3.34. The van der Waals surface area contributed by atoms with Gasteiger partial charge in [-0.05, 0) is 32.6 Å². The first kappa shape index (κ1) is 10.6. The van der Waals surface area contributed by atoms with E-state index in [9.17, 15) is 4.79 Å². The van der Waals surface area contributed by atoms with Gasteiger partial charge in [0.25, 0.3) is 0 Å². The Balaban J connectivity index is 2.62. The summed E-state index contributed by atoms with van der Waals surface area (Å²) in [6.07, 6.45) is 2.83. The zero-order valence-electron chi connectivity index (χ0n) is 9.21. The van der Waals surface area contributed by atoms with Crippen molar-refractivity contribution >= 4 is 5.91 Å². The van der Waals surface area contributed by atoms with Crippen molar-refractivity contribution < 1.29 is 4.79 Å². The molecule has 0 aliphatic carbocycles. The monoisotopic (exact) mass is 183 g/mol. The highest BCUT2D eigenvalue weighted by atomic mass is 16.2. The van der Waals surface area contributed by atoms with Gasteiger partial charge in [0.15, 0.2) is 0 Å². The molecule has 1 saturated heterocycles. The van der Waals surface area contributed by atoms with Crippen LogP contribution in [-0.4, -0.2) is 22.9 Å². The van der Waals surface area contributed by atoms with E-state index in [0.29, 0.717) is 30.3 Å². The maximum absolute atomic E-state index is 11.7. The molecule has 1 fully saturated rings. The van der Waals surface area contributed by atoms with Crippen molar-refractivity contribution in [3.63, 3.8) is 0 Å². The summed E-state index contributed by atoms with van der Waals surface area (Å²) in [5.41, 5.74) is 0. The average Bonchev–Trinajstić information content (AvgIpc) is 2.27. The topological polar surface area (TPSA) is 20.3 Å². The summed E-state index contributed by atoms with van der Waals surface area (Å²) in [7, 11) is 0. The molecule has 1 amide bonds. The van der Waals surface area contributed by atoms with Gasteiger partial charge in [-0.3, -0.25) is 4.79 Å². The summed E-state index contributed by atoms with van der Waals surface area (Å²) < 4.78 is 0. The highest BCUT2D eigenvalue weighted by Crippen LogP contribution is 2.29. The number of likely N-dealkylation sites (tertiary alicyclic amines) is 1. The summed E-state index contributed by atoms with van der Waals surface area (Å²) in [6, 6.07) is 0.887. The van der Waals surface area contributed by atoms with Crippen molar-refractivity contribution in [2.45, 2.75) is 59.0 Å². The summed E-state index contributed by atoms with van der Waals surface area (Å²) in [5, 5.41) is 0. The lowest BCUT2D eigenvalue weighted by Crippen LogP contribution is -2.39. The van der Waals surface area contributed by atoms with E-state index in [1.165, 1.54) is 0 Å². The molecule has 0 radical (unpaired) electrons. The van der Waals surface area contributed by atoms with E-state index in [4.69, 9.17) is 0 Å². The fourth-order valence-corrected chi connectivity index (χ4v) is 2.34. The first-order valence-corrected chi connectivity index (χ1v) is 5.39. The molecule has 0 spiro atoms. The van der Waals surface area contributed by atoms with Gasteiger partial charge in [-0.25, -0.2) is 0 Å². The van der Waals surface area contributed by atoms with Crippen LogP contribution in [-0.2, 0) is 4.79 Å². The quantitative estimate of drug-likeness (QED) is 0.644. The SMILES string of the molecule is CCCC(=O)N1C(C)CC(C)C1C. The molecule has 3 atom stereocenters. The van der Waals surface area contributed by atoms with Gasteiger partial charge in [0.05, 0.1) is 0 Å². The first-order valence-electron chi connectivity index (χ1n) is 5.39. The third-order valence-corrected chi connectivity index (χ3v) is 3.20. The minimum atomic E-state index is 0.340. The molecule has 1 aliphatic rings. The van der Waals surface area contributed by atoms with Gasteiger partial charge in [-0.1, -0.05) is 13.8 Å². The van der Waals surface area contributed by atoms with E-state index < -0.39 is 0 Å². The van der Waals surface area contributed by atoms with E-state index >= 15 is 0 Å². The van der Waals surface area contributed by atoms with Crippen molar-refractivity contribution in [2.24, 2.45) is 5.92 Å². The van der Waals surface area contributed by atoms with E-state index in [-0.39, 0.29) is 0 Å². The third kappa shape index (κ3) is 2.04. The molecule has 0 bridgehead atoms. The Labute approximate surface area is 81.3 Å². The maximum atomic E-state index is 11.7. The van der Waals surface area contributed by atoms with Gasteiger partial charge in [0.2, 0.25) is 5.91 Å². The van der Waals surface area contributed by atoms with Crippen molar-refractivity contribution in [3.8, 4) is 0 Å². The van der Waals surface area contributed by atoms with Crippen LogP contribution in [0.5, 0.6) is 0 Å². The van der Waals surface area contributed by atoms with E-state index in [1.807, 2.05) is 0 Å². The van der Waals surface area contributed by atoms with Crippen LogP contribution >= 0.6 is 0 Å². The third-order valence-electron chi connectivity index (χ3n) is 3.20. The molecule has 76 valence electrons. The van der Waals surface area contributed by atoms with Crippen LogP contribution in [0, 0.1) is 5.92 Å². The minimum Gasteiger partial charge on any atom is -0.337 e. The average molecular weight is 183 g/mol. The summed E-state index contributed by atoms with van der Waals surface area (Å²) in [6.45, 7) is 8.63.